The fourth-order valence-electron chi connectivity index (χ4n) is 3.17. The van der Waals surface area contributed by atoms with Crippen molar-refractivity contribution in [3.8, 4) is 0 Å². The molecule has 2 heterocycles. The number of anilines is 1. The summed E-state index contributed by atoms with van der Waals surface area (Å²) in [7, 11) is 0. The number of nitrogens with one attached hydrogen (secondary N) is 1. The highest BCUT2D eigenvalue weighted by Crippen LogP contribution is 2.20. The standard InChI is InChI=1S/C21H26N4O2/c1-16(7-8-17-5-3-2-4-6-17)22-13-18-9-11-25(12-10-18)21-23-14-19(15-24-21)20(26)27/h2-8,14-16,18,22H,9-13H2,1H3,(H,26,27). The van der Waals surface area contributed by atoms with Gasteiger partial charge in [0.15, 0.2) is 0 Å². The maximum atomic E-state index is 10.9. The molecular weight excluding hydrogens is 340 g/mol. The van der Waals surface area contributed by atoms with Crippen LogP contribution in [0.5, 0.6) is 0 Å². The zero-order chi connectivity index (χ0) is 19.1. The molecule has 2 aromatic rings. The summed E-state index contributed by atoms with van der Waals surface area (Å²) >= 11 is 0. The van der Waals surface area contributed by atoms with Crippen LogP contribution in [0.4, 0.5) is 5.95 Å². The predicted molar refractivity (Wildman–Crippen MR) is 107 cm³/mol. The second kappa shape index (κ2) is 9.28. The number of benzene rings is 1. The summed E-state index contributed by atoms with van der Waals surface area (Å²) in [5, 5.41) is 12.5. The highest BCUT2D eigenvalue weighted by Gasteiger charge is 2.21. The van der Waals surface area contributed by atoms with Gasteiger partial charge in [-0.25, -0.2) is 14.8 Å². The molecule has 1 aliphatic heterocycles. The number of carboxylic acid groups (broad SMARTS) is 1. The van der Waals surface area contributed by atoms with Crippen LogP contribution in [0.2, 0.25) is 0 Å². The van der Waals surface area contributed by atoms with Crippen LogP contribution >= 0.6 is 0 Å². The van der Waals surface area contributed by atoms with E-state index in [1.165, 1.54) is 18.0 Å². The molecule has 6 nitrogen and oxygen atoms in total. The van der Waals surface area contributed by atoms with Crippen molar-refractivity contribution >= 4 is 18.0 Å². The largest absolute Gasteiger partial charge is 0.478 e. The molecular formula is C21H26N4O2. The van der Waals surface area contributed by atoms with E-state index in [-0.39, 0.29) is 5.56 Å². The van der Waals surface area contributed by atoms with E-state index in [0.29, 0.717) is 17.9 Å². The van der Waals surface area contributed by atoms with E-state index in [1.807, 2.05) is 18.2 Å². The van der Waals surface area contributed by atoms with Gasteiger partial charge in [0.05, 0.1) is 5.56 Å². The Balaban J connectivity index is 1.41. The monoisotopic (exact) mass is 366 g/mol. The molecule has 27 heavy (non-hydrogen) atoms. The quantitative estimate of drug-likeness (QED) is 0.784. The van der Waals surface area contributed by atoms with Crippen LogP contribution in [0.1, 0.15) is 35.7 Å². The molecule has 1 fully saturated rings. The number of nitrogens with zero attached hydrogens (tertiary/aromatic N) is 3. The zero-order valence-corrected chi connectivity index (χ0v) is 15.6. The minimum absolute atomic E-state index is 0.121. The lowest BCUT2D eigenvalue weighted by Crippen LogP contribution is -2.39. The van der Waals surface area contributed by atoms with Crippen molar-refractivity contribution < 1.29 is 9.90 Å². The van der Waals surface area contributed by atoms with Gasteiger partial charge in [0.25, 0.3) is 0 Å². The van der Waals surface area contributed by atoms with Gasteiger partial charge >= 0.3 is 5.97 Å². The molecule has 0 aliphatic carbocycles. The minimum Gasteiger partial charge on any atom is -0.478 e. The third kappa shape index (κ3) is 5.62. The van der Waals surface area contributed by atoms with Gasteiger partial charge in [0.2, 0.25) is 5.95 Å². The first-order chi connectivity index (χ1) is 13.1. The molecule has 1 saturated heterocycles. The van der Waals surface area contributed by atoms with Crippen molar-refractivity contribution in [2.45, 2.75) is 25.8 Å². The molecule has 3 rings (SSSR count). The first kappa shape index (κ1) is 19.0. The number of hydrogen-bond donors (Lipinski definition) is 2. The highest BCUT2D eigenvalue weighted by atomic mass is 16.4. The Morgan fingerprint density at radius 2 is 1.93 bits per heavy atom. The smallest absolute Gasteiger partial charge is 0.338 e. The van der Waals surface area contributed by atoms with E-state index in [1.54, 1.807) is 0 Å². The van der Waals surface area contributed by atoms with Gasteiger partial charge in [-0.2, -0.15) is 0 Å². The summed E-state index contributed by atoms with van der Waals surface area (Å²) in [6.45, 7) is 4.96. The lowest BCUT2D eigenvalue weighted by atomic mass is 9.96. The molecule has 0 radical (unpaired) electrons. The van der Waals surface area contributed by atoms with Crippen LogP contribution in [0, 0.1) is 5.92 Å². The summed E-state index contributed by atoms with van der Waals surface area (Å²) in [6.07, 6.45) is 9.25. The molecule has 1 unspecified atom stereocenters. The number of piperidine rings is 1. The lowest BCUT2D eigenvalue weighted by Gasteiger charge is -2.32. The molecule has 0 amide bonds. The summed E-state index contributed by atoms with van der Waals surface area (Å²) < 4.78 is 0. The van der Waals surface area contributed by atoms with Crippen molar-refractivity contribution in [3.05, 3.63) is 59.9 Å². The van der Waals surface area contributed by atoms with Crippen molar-refractivity contribution in [1.82, 2.24) is 15.3 Å². The second-order valence-electron chi connectivity index (χ2n) is 6.97. The van der Waals surface area contributed by atoms with Crippen LogP contribution in [0.3, 0.4) is 0 Å². The van der Waals surface area contributed by atoms with E-state index in [9.17, 15) is 4.79 Å². The van der Waals surface area contributed by atoms with Crippen molar-refractivity contribution in [2.75, 3.05) is 24.5 Å². The Kier molecular flexibility index (Phi) is 6.54. The molecule has 0 spiro atoms. The van der Waals surface area contributed by atoms with E-state index in [0.717, 1.165) is 32.5 Å². The number of carboxylic acids is 1. The average Bonchev–Trinajstić information content (AvgIpc) is 2.72. The predicted octanol–water partition coefficient (Wildman–Crippen LogP) is 3.08. The van der Waals surface area contributed by atoms with E-state index < -0.39 is 5.97 Å². The lowest BCUT2D eigenvalue weighted by molar-refractivity contribution is 0.0696. The Bertz CT molecular complexity index is 754. The first-order valence-corrected chi connectivity index (χ1v) is 9.39. The molecule has 142 valence electrons. The van der Waals surface area contributed by atoms with Crippen LogP contribution in [0.15, 0.2) is 48.8 Å². The Morgan fingerprint density at radius 1 is 1.26 bits per heavy atom. The Hall–Kier alpha value is -2.73. The molecule has 2 N–H and O–H groups in total. The molecule has 0 bridgehead atoms. The molecule has 1 aromatic carbocycles. The molecule has 1 aliphatic rings. The normalized spacial score (nSPS) is 16.6. The van der Waals surface area contributed by atoms with Gasteiger partial charge in [0, 0.05) is 31.5 Å². The van der Waals surface area contributed by atoms with Gasteiger partial charge < -0.3 is 15.3 Å². The van der Waals surface area contributed by atoms with Gasteiger partial charge in [-0.15, -0.1) is 0 Å². The average molecular weight is 366 g/mol. The van der Waals surface area contributed by atoms with Crippen molar-refractivity contribution in [1.29, 1.82) is 0 Å². The van der Waals surface area contributed by atoms with Gasteiger partial charge in [-0.1, -0.05) is 42.5 Å². The number of rotatable bonds is 7. The van der Waals surface area contributed by atoms with E-state index in [4.69, 9.17) is 5.11 Å². The fourth-order valence-corrected chi connectivity index (χ4v) is 3.17. The fraction of sp³-hybridized carbons (Fsp3) is 0.381. The maximum Gasteiger partial charge on any atom is 0.338 e. The highest BCUT2D eigenvalue weighted by molar-refractivity contribution is 5.86. The van der Waals surface area contributed by atoms with Gasteiger partial charge in [0.1, 0.15) is 0 Å². The number of aromatic nitrogens is 2. The third-order valence-electron chi connectivity index (χ3n) is 4.89. The van der Waals surface area contributed by atoms with Crippen molar-refractivity contribution in [3.63, 3.8) is 0 Å². The second-order valence-corrected chi connectivity index (χ2v) is 6.97. The minimum atomic E-state index is -0.998. The van der Waals surface area contributed by atoms with Gasteiger partial charge in [-0.05, 0) is 37.8 Å². The number of hydrogen-bond acceptors (Lipinski definition) is 5. The maximum absolute atomic E-state index is 10.9. The first-order valence-electron chi connectivity index (χ1n) is 9.39. The summed E-state index contributed by atoms with van der Waals surface area (Å²) in [5.41, 5.74) is 1.34. The zero-order valence-electron chi connectivity index (χ0n) is 15.6. The van der Waals surface area contributed by atoms with Crippen LogP contribution in [0.25, 0.3) is 6.08 Å². The van der Waals surface area contributed by atoms with Crippen LogP contribution in [-0.2, 0) is 0 Å². The number of carbonyl (C=O) groups is 1. The molecule has 1 atom stereocenters. The van der Waals surface area contributed by atoms with Crippen molar-refractivity contribution in [2.24, 2.45) is 5.92 Å². The Morgan fingerprint density at radius 3 is 2.56 bits per heavy atom. The SMILES string of the molecule is CC(C=Cc1ccccc1)NCC1CCN(c2ncc(C(=O)O)cn2)CC1. The summed E-state index contributed by atoms with van der Waals surface area (Å²) in [4.78, 5) is 21.4. The third-order valence-corrected chi connectivity index (χ3v) is 4.89. The summed E-state index contributed by atoms with van der Waals surface area (Å²) in [5.74, 6) is 0.249. The van der Waals surface area contributed by atoms with E-state index in [2.05, 4.69) is 51.4 Å². The number of aromatic carboxylic acids is 1. The van der Waals surface area contributed by atoms with E-state index >= 15 is 0 Å². The van der Waals surface area contributed by atoms with Crippen LogP contribution in [-0.4, -0.2) is 46.7 Å². The molecule has 0 saturated carbocycles. The topological polar surface area (TPSA) is 78.4 Å². The molecule has 1 aromatic heterocycles. The summed E-state index contributed by atoms with van der Waals surface area (Å²) in [6, 6.07) is 10.6. The van der Waals surface area contributed by atoms with Crippen LogP contribution < -0.4 is 10.2 Å². The Labute approximate surface area is 160 Å². The molecule has 6 heteroatoms. The van der Waals surface area contributed by atoms with Gasteiger partial charge in [-0.3, -0.25) is 0 Å².